The third-order valence-electron chi connectivity index (χ3n) is 6.96. The monoisotopic (exact) mass is 455 g/mol. The molecule has 3 aromatic rings. The van der Waals surface area contributed by atoms with Gasteiger partial charge in [-0.2, -0.15) is 0 Å². The Hall–Kier alpha value is -3.57. The summed E-state index contributed by atoms with van der Waals surface area (Å²) in [6.07, 6.45) is 5.00. The number of morpholine rings is 1. The maximum atomic E-state index is 12.6. The molecule has 0 N–H and O–H groups in total. The van der Waals surface area contributed by atoms with Gasteiger partial charge in [-0.05, 0) is 46.9 Å². The van der Waals surface area contributed by atoms with Crippen molar-refractivity contribution < 1.29 is 19.0 Å². The van der Waals surface area contributed by atoms with E-state index in [2.05, 4.69) is 71.6 Å². The highest BCUT2D eigenvalue weighted by molar-refractivity contribution is 5.97. The first kappa shape index (κ1) is 22.2. The molecule has 3 aromatic carbocycles. The van der Waals surface area contributed by atoms with Crippen molar-refractivity contribution in [2.24, 2.45) is 0 Å². The molecule has 174 valence electrons. The number of esters is 1. The van der Waals surface area contributed by atoms with Crippen molar-refractivity contribution in [2.45, 2.75) is 11.8 Å². The number of methoxy groups -OCH3 is 2. The molecule has 0 saturated carbocycles. The van der Waals surface area contributed by atoms with Crippen LogP contribution in [0.4, 0.5) is 5.69 Å². The Morgan fingerprint density at radius 2 is 1.62 bits per heavy atom. The van der Waals surface area contributed by atoms with Crippen LogP contribution in [-0.2, 0) is 21.3 Å². The third-order valence-corrected chi connectivity index (χ3v) is 6.96. The van der Waals surface area contributed by atoms with Crippen LogP contribution in [0.15, 0.2) is 72.8 Å². The minimum absolute atomic E-state index is 0.347. The Kier molecular flexibility index (Phi) is 6.12. The van der Waals surface area contributed by atoms with Crippen molar-refractivity contribution in [1.82, 2.24) is 0 Å². The number of ether oxygens (including phenoxy) is 3. The van der Waals surface area contributed by atoms with E-state index in [0.29, 0.717) is 11.3 Å². The van der Waals surface area contributed by atoms with Crippen LogP contribution in [0.2, 0.25) is 0 Å². The number of hydrogen-bond donors (Lipinski definition) is 0. The second-order valence-corrected chi connectivity index (χ2v) is 8.70. The number of carbonyl (C=O) groups excluding carboxylic acids is 1. The van der Waals surface area contributed by atoms with Gasteiger partial charge in [-0.1, -0.05) is 60.7 Å². The molecule has 0 bridgehead atoms. The van der Waals surface area contributed by atoms with E-state index >= 15 is 0 Å². The fourth-order valence-electron chi connectivity index (χ4n) is 5.14. The van der Waals surface area contributed by atoms with Crippen molar-refractivity contribution in [3.8, 4) is 5.75 Å². The van der Waals surface area contributed by atoms with Crippen molar-refractivity contribution in [3.05, 3.63) is 101 Å². The minimum atomic E-state index is -0.388. The van der Waals surface area contributed by atoms with E-state index in [1.165, 1.54) is 23.9 Å². The first-order valence-electron chi connectivity index (χ1n) is 11.6. The first-order chi connectivity index (χ1) is 16.7. The molecule has 1 aliphatic heterocycles. The maximum absolute atomic E-state index is 12.6. The molecule has 5 heteroatoms. The summed E-state index contributed by atoms with van der Waals surface area (Å²) in [5, 5.41) is 0. The quantitative estimate of drug-likeness (QED) is 0.514. The number of fused-ring (bicyclic) bond motifs is 1. The largest absolute Gasteiger partial charge is 0.496 e. The van der Waals surface area contributed by atoms with E-state index < -0.39 is 0 Å². The summed E-state index contributed by atoms with van der Waals surface area (Å²) in [5.74, 6) is 0.137. The van der Waals surface area contributed by atoms with Gasteiger partial charge < -0.3 is 19.1 Å². The fraction of sp³-hybridized carbons (Fsp3) is 0.276. The highest BCUT2D eigenvalue weighted by atomic mass is 16.5. The van der Waals surface area contributed by atoms with Gasteiger partial charge in [-0.15, -0.1) is 0 Å². The third kappa shape index (κ3) is 3.86. The normalized spacial score (nSPS) is 19.4. The van der Waals surface area contributed by atoms with E-state index in [1.807, 2.05) is 12.1 Å². The van der Waals surface area contributed by atoms with Crippen LogP contribution in [0.5, 0.6) is 5.75 Å². The van der Waals surface area contributed by atoms with Gasteiger partial charge >= 0.3 is 5.97 Å². The Morgan fingerprint density at radius 3 is 2.29 bits per heavy atom. The molecule has 0 spiro atoms. The summed E-state index contributed by atoms with van der Waals surface area (Å²) in [5.41, 5.74) is 5.73. The molecule has 2 aliphatic rings. The van der Waals surface area contributed by atoms with Gasteiger partial charge in [-0.25, -0.2) is 4.79 Å². The molecule has 34 heavy (non-hydrogen) atoms. The Balaban J connectivity index is 1.60. The molecular formula is C29H29NO4. The zero-order valence-electron chi connectivity index (χ0n) is 19.6. The molecule has 1 unspecified atom stereocenters. The van der Waals surface area contributed by atoms with Gasteiger partial charge in [-0.3, -0.25) is 0 Å². The fourth-order valence-corrected chi connectivity index (χ4v) is 5.14. The number of hydrogen-bond acceptors (Lipinski definition) is 5. The van der Waals surface area contributed by atoms with Crippen LogP contribution in [0.25, 0.3) is 6.08 Å². The second kappa shape index (κ2) is 9.35. The van der Waals surface area contributed by atoms with Crippen molar-refractivity contribution in [2.75, 3.05) is 45.4 Å². The molecule has 5 rings (SSSR count). The summed E-state index contributed by atoms with van der Waals surface area (Å²) < 4.78 is 16.1. The molecule has 1 saturated heterocycles. The zero-order chi connectivity index (χ0) is 23.5. The molecule has 1 fully saturated rings. The van der Waals surface area contributed by atoms with Crippen molar-refractivity contribution in [1.29, 1.82) is 0 Å². The number of anilines is 1. The van der Waals surface area contributed by atoms with E-state index in [-0.39, 0.29) is 11.4 Å². The zero-order valence-corrected chi connectivity index (χ0v) is 19.6. The molecular weight excluding hydrogens is 426 g/mol. The molecule has 0 radical (unpaired) electrons. The summed E-state index contributed by atoms with van der Waals surface area (Å²) in [6.45, 7) is 3.35. The van der Waals surface area contributed by atoms with Crippen LogP contribution in [0.3, 0.4) is 0 Å². The molecule has 0 aromatic heterocycles. The standard InChI is InChI=1S/C29H29NO4/c1-32-26-13-8-21-20-29(22-6-4-3-5-7-22,15-14-25(21)27(26)28(31)33-2)23-9-11-24(12-10-23)30-16-18-34-19-17-30/h3-15H,16-20H2,1-2H3. The van der Waals surface area contributed by atoms with Crippen LogP contribution < -0.4 is 9.64 Å². The highest BCUT2D eigenvalue weighted by Crippen LogP contribution is 2.44. The second-order valence-electron chi connectivity index (χ2n) is 8.70. The smallest absolute Gasteiger partial charge is 0.342 e. The SMILES string of the molecule is COC(=O)c1c(OC)ccc2c1C=CC(c1ccccc1)(c1ccc(N3CCOCC3)cc1)C2. The van der Waals surface area contributed by atoms with Crippen LogP contribution in [-0.4, -0.2) is 46.5 Å². The van der Waals surface area contributed by atoms with Gasteiger partial charge in [0.1, 0.15) is 11.3 Å². The summed E-state index contributed by atoms with van der Waals surface area (Å²) in [7, 11) is 2.98. The summed E-state index contributed by atoms with van der Waals surface area (Å²) >= 11 is 0. The maximum Gasteiger partial charge on any atom is 0.342 e. The van der Waals surface area contributed by atoms with E-state index in [1.54, 1.807) is 7.11 Å². The average molecular weight is 456 g/mol. The van der Waals surface area contributed by atoms with Crippen molar-refractivity contribution in [3.63, 3.8) is 0 Å². The molecule has 1 aliphatic carbocycles. The minimum Gasteiger partial charge on any atom is -0.496 e. The Morgan fingerprint density at radius 1 is 0.912 bits per heavy atom. The lowest BCUT2D eigenvalue weighted by atomic mass is 9.67. The molecule has 0 amide bonds. The van der Waals surface area contributed by atoms with Crippen LogP contribution in [0.1, 0.15) is 32.6 Å². The predicted octanol–water partition coefficient (Wildman–Crippen LogP) is 4.87. The Bertz CT molecular complexity index is 1200. The number of allylic oxidation sites excluding steroid dienone is 1. The van der Waals surface area contributed by atoms with E-state index in [4.69, 9.17) is 14.2 Å². The number of nitrogens with zero attached hydrogens (tertiary/aromatic N) is 1. The predicted molar refractivity (Wildman–Crippen MR) is 134 cm³/mol. The lowest BCUT2D eigenvalue weighted by Crippen LogP contribution is -2.36. The van der Waals surface area contributed by atoms with Gasteiger partial charge in [0.2, 0.25) is 0 Å². The molecule has 1 atom stereocenters. The number of rotatable bonds is 5. The average Bonchev–Trinajstić information content (AvgIpc) is 2.92. The van der Waals surface area contributed by atoms with Gasteiger partial charge in [0.15, 0.2) is 0 Å². The highest BCUT2D eigenvalue weighted by Gasteiger charge is 2.36. The summed E-state index contributed by atoms with van der Waals surface area (Å²) in [4.78, 5) is 15.0. The molecule has 5 nitrogen and oxygen atoms in total. The first-order valence-corrected chi connectivity index (χ1v) is 11.6. The van der Waals surface area contributed by atoms with E-state index in [0.717, 1.165) is 43.9 Å². The van der Waals surface area contributed by atoms with Crippen molar-refractivity contribution >= 4 is 17.7 Å². The van der Waals surface area contributed by atoms with E-state index in [9.17, 15) is 4.79 Å². The topological polar surface area (TPSA) is 48.0 Å². The summed E-state index contributed by atoms with van der Waals surface area (Å²) in [6, 6.07) is 23.4. The van der Waals surface area contributed by atoms with Gasteiger partial charge in [0, 0.05) is 24.2 Å². The lowest BCUT2D eigenvalue weighted by Gasteiger charge is -2.37. The number of benzene rings is 3. The van der Waals surface area contributed by atoms with Gasteiger partial charge in [0.05, 0.1) is 27.4 Å². The Labute approximate surface area is 200 Å². The van der Waals surface area contributed by atoms with Crippen LogP contribution >= 0.6 is 0 Å². The molecule has 1 heterocycles. The number of carbonyl (C=O) groups is 1. The van der Waals surface area contributed by atoms with Crippen LogP contribution in [0, 0.1) is 0 Å². The van der Waals surface area contributed by atoms with Gasteiger partial charge in [0.25, 0.3) is 0 Å². The lowest BCUT2D eigenvalue weighted by molar-refractivity contribution is 0.0596.